The Morgan fingerprint density at radius 1 is 1.00 bits per heavy atom. The van der Waals surface area contributed by atoms with Crippen LogP contribution in [0.4, 0.5) is 26.7 Å². The van der Waals surface area contributed by atoms with E-state index in [9.17, 15) is 31.9 Å². The van der Waals surface area contributed by atoms with E-state index in [1.165, 1.54) is 28.8 Å². The first kappa shape index (κ1) is 41.0. The SMILES string of the molecule is C.COCCn1cc(C(=O)N2CCC(c3cc(CNC(=O)[C@H](NC(=O)OC(C)(C)C)C(C)C)ccc3F)CC2)c2c(OC(F)(F)F)ccc(F)c21. The fourth-order valence-electron chi connectivity index (χ4n) is 5.96. The minimum atomic E-state index is -5.08. The van der Waals surface area contributed by atoms with Gasteiger partial charge in [0.15, 0.2) is 0 Å². The number of rotatable bonds is 11. The Hall–Kier alpha value is -4.40. The van der Waals surface area contributed by atoms with Gasteiger partial charge in [-0.25, -0.2) is 13.6 Å². The maximum atomic E-state index is 15.1. The van der Waals surface area contributed by atoms with Gasteiger partial charge in [-0.2, -0.15) is 0 Å². The molecule has 1 saturated heterocycles. The molecule has 0 aliphatic carbocycles. The molecule has 3 amide bonds. The standard InChI is InChI=1S/C35H43F5N4O6.CH4/c1-20(2)29(42-33(47)50-34(3,4)5)31(45)41-18-21-7-8-25(36)23(17-21)22-11-13-43(14-12-22)32(46)24-19-44(15-16-48-6)30-26(37)9-10-27(28(24)30)49-35(38,39)40;/h7-10,17,19-20,22,29H,11-16,18H2,1-6H3,(H,41,45)(H,42,47);1H4/t29-;/m1./s1. The molecule has 51 heavy (non-hydrogen) atoms. The number of nitrogens with zero attached hydrogens (tertiary/aromatic N) is 2. The number of nitrogens with one attached hydrogen (secondary N) is 2. The molecule has 1 atom stereocenters. The van der Waals surface area contributed by atoms with E-state index < -0.39 is 53.3 Å². The van der Waals surface area contributed by atoms with E-state index in [1.54, 1.807) is 46.8 Å². The number of alkyl carbamates (subject to hydrolysis) is 1. The highest BCUT2D eigenvalue weighted by atomic mass is 19.4. The minimum Gasteiger partial charge on any atom is -0.444 e. The number of likely N-dealkylation sites (tertiary alicyclic amines) is 1. The fraction of sp³-hybridized carbons (Fsp3) is 0.528. The van der Waals surface area contributed by atoms with Crippen LogP contribution in [0, 0.1) is 17.6 Å². The molecule has 0 bridgehead atoms. The van der Waals surface area contributed by atoms with Crippen LogP contribution < -0.4 is 15.4 Å². The number of carbonyl (C=O) groups excluding carboxylic acids is 3. The first-order chi connectivity index (χ1) is 23.4. The molecule has 15 heteroatoms. The second kappa shape index (κ2) is 16.7. The quantitative estimate of drug-likeness (QED) is 0.201. The van der Waals surface area contributed by atoms with Crippen LogP contribution >= 0.6 is 0 Å². The van der Waals surface area contributed by atoms with Gasteiger partial charge in [-0.05, 0) is 74.8 Å². The van der Waals surface area contributed by atoms with Crippen LogP contribution in [-0.4, -0.2) is 72.2 Å². The predicted molar refractivity (Wildman–Crippen MR) is 181 cm³/mol. The number of hydrogen-bond donors (Lipinski definition) is 2. The van der Waals surface area contributed by atoms with Gasteiger partial charge < -0.3 is 34.3 Å². The molecule has 2 aromatic carbocycles. The molecule has 1 aliphatic heterocycles. The second-order valence-corrected chi connectivity index (χ2v) is 13.6. The molecule has 1 aromatic heterocycles. The van der Waals surface area contributed by atoms with Crippen LogP contribution in [0.2, 0.25) is 0 Å². The molecule has 0 saturated carbocycles. The summed E-state index contributed by atoms with van der Waals surface area (Å²) in [5.41, 5.74) is -0.0903. The van der Waals surface area contributed by atoms with Gasteiger partial charge in [0.05, 0.1) is 23.1 Å². The van der Waals surface area contributed by atoms with Crippen molar-refractivity contribution in [1.29, 1.82) is 0 Å². The summed E-state index contributed by atoms with van der Waals surface area (Å²) >= 11 is 0. The van der Waals surface area contributed by atoms with Crippen molar-refractivity contribution < 1.29 is 50.5 Å². The number of fused-ring (bicyclic) bond motifs is 1. The van der Waals surface area contributed by atoms with E-state index >= 15 is 4.39 Å². The summed E-state index contributed by atoms with van der Waals surface area (Å²) in [6, 6.07) is 5.32. The number of halogens is 5. The number of aromatic nitrogens is 1. The first-order valence-electron chi connectivity index (χ1n) is 16.3. The molecule has 10 nitrogen and oxygen atoms in total. The Balaban J connectivity index is 0.00000702. The zero-order valence-corrected chi connectivity index (χ0v) is 28.9. The molecule has 0 spiro atoms. The van der Waals surface area contributed by atoms with Crippen molar-refractivity contribution in [2.75, 3.05) is 26.8 Å². The first-order valence-corrected chi connectivity index (χ1v) is 16.3. The number of methoxy groups -OCH3 is 1. The molecular formula is C36H47F5N4O6. The summed E-state index contributed by atoms with van der Waals surface area (Å²) < 4.78 is 85.7. The van der Waals surface area contributed by atoms with Crippen LogP contribution in [0.25, 0.3) is 10.9 Å². The van der Waals surface area contributed by atoms with Gasteiger partial charge in [-0.15, -0.1) is 13.2 Å². The molecule has 0 radical (unpaired) electrons. The maximum Gasteiger partial charge on any atom is 0.573 e. The highest BCUT2D eigenvalue weighted by molar-refractivity contribution is 6.09. The topological polar surface area (TPSA) is 111 Å². The van der Waals surface area contributed by atoms with Crippen LogP contribution in [0.5, 0.6) is 5.75 Å². The summed E-state index contributed by atoms with van der Waals surface area (Å²) in [6.07, 6.45) is -3.81. The van der Waals surface area contributed by atoms with Crippen molar-refractivity contribution in [3.8, 4) is 5.75 Å². The molecule has 2 heterocycles. The molecule has 1 aliphatic rings. The summed E-state index contributed by atoms with van der Waals surface area (Å²) in [4.78, 5) is 40.5. The zero-order chi connectivity index (χ0) is 37.0. The number of amides is 3. The number of carbonyl (C=O) groups is 3. The van der Waals surface area contributed by atoms with Gasteiger partial charge in [0, 0.05) is 39.5 Å². The third kappa shape index (κ3) is 10.6. The summed E-state index contributed by atoms with van der Waals surface area (Å²) in [6.45, 7) is 9.26. The fourth-order valence-corrected chi connectivity index (χ4v) is 5.96. The van der Waals surface area contributed by atoms with Crippen LogP contribution in [0.1, 0.15) is 82.3 Å². The average Bonchev–Trinajstić information content (AvgIpc) is 3.42. The summed E-state index contributed by atoms with van der Waals surface area (Å²) in [7, 11) is 1.42. The van der Waals surface area contributed by atoms with Crippen LogP contribution in [-0.2, 0) is 27.4 Å². The molecule has 282 valence electrons. The van der Waals surface area contributed by atoms with Gasteiger partial charge in [-0.1, -0.05) is 33.4 Å². The Bertz CT molecular complexity index is 1690. The maximum absolute atomic E-state index is 15.1. The Labute approximate surface area is 294 Å². The largest absolute Gasteiger partial charge is 0.573 e. The Morgan fingerprint density at radius 3 is 2.24 bits per heavy atom. The minimum absolute atomic E-state index is 0. The van der Waals surface area contributed by atoms with Gasteiger partial charge in [0.2, 0.25) is 5.91 Å². The third-order valence-corrected chi connectivity index (χ3v) is 8.29. The van der Waals surface area contributed by atoms with Gasteiger partial charge in [0.1, 0.15) is 29.0 Å². The number of ether oxygens (including phenoxy) is 3. The molecular weight excluding hydrogens is 679 g/mol. The normalized spacial score (nSPS) is 14.6. The van der Waals surface area contributed by atoms with Gasteiger partial charge in [-0.3, -0.25) is 9.59 Å². The summed E-state index contributed by atoms with van der Waals surface area (Å²) in [5.74, 6) is -3.57. The van der Waals surface area contributed by atoms with E-state index in [0.717, 1.165) is 12.1 Å². The molecule has 2 N–H and O–H groups in total. The monoisotopic (exact) mass is 726 g/mol. The Morgan fingerprint density at radius 2 is 1.65 bits per heavy atom. The lowest BCUT2D eigenvalue weighted by Crippen LogP contribution is -2.50. The number of piperidine rings is 1. The molecule has 1 fully saturated rings. The second-order valence-electron chi connectivity index (χ2n) is 13.6. The number of alkyl halides is 3. The van der Waals surface area contributed by atoms with E-state index in [0.29, 0.717) is 24.0 Å². The lowest BCUT2D eigenvalue weighted by molar-refractivity contribution is -0.274. The van der Waals surface area contributed by atoms with Crippen molar-refractivity contribution in [2.24, 2.45) is 5.92 Å². The average molecular weight is 727 g/mol. The van der Waals surface area contributed by atoms with Gasteiger partial charge in [0.25, 0.3) is 5.91 Å². The van der Waals surface area contributed by atoms with Crippen molar-refractivity contribution in [3.63, 3.8) is 0 Å². The lowest BCUT2D eigenvalue weighted by Gasteiger charge is -2.32. The van der Waals surface area contributed by atoms with Crippen molar-refractivity contribution in [2.45, 2.75) is 91.9 Å². The highest BCUT2D eigenvalue weighted by Crippen LogP contribution is 2.38. The number of benzene rings is 2. The summed E-state index contributed by atoms with van der Waals surface area (Å²) in [5, 5.41) is 5.08. The molecule has 0 unspecified atom stereocenters. The van der Waals surface area contributed by atoms with Gasteiger partial charge >= 0.3 is 12.5 Å². The lowest BCUT2D eigenvalue weighted by atomic mass is 9.88. The van der Waals surface area contributed by atoms with Crippen molar-refractivity contribution >= 4 is 28.8 Å². The van der Waals surface area contributed by atoms with Crippen molar-refractivity contribution in [1.82, 2.24) is 20.1 Å². The predicted octanol–water partition coefficient (Wildman–Crippen LogP) is 7.29. The van der Waals surface area contributed by atoms with E-state index in [2.05, 4.69) is 15.4 Å². The highest BCUT2D eigenvalue weighted by Gasteiger charge is 2.35. The van der Waals surface area contributed by atoms with Crippen LogP contribution in [0.3, 0.4) is 0 Å². The zero-order valence-electron chi connectivity index (χ0n) is 28.9. The van der Waals surface area contributed by atoms with E-state index in [1.807, 2.05) is 0 Å². The van der Waals surface area contributed by atoms with Crippen LogP contribution in [0.15, 0.2) is 36.5 Å². The molecule has 3 aromatic rings. The Kier molecular flexibility index (Phi) is 13.5. The third-order valence-electron chi connectivity index (χ3n) is 8.29. The van der Waals surface area contributed by atoms with Crippen molar-refractivity contribution in [3.05, 3.63) is 64.9 Å². The smallest absolute Gasteiger partial charge is 0.444 e. The molecule has 4 rings (SSSR count). The van der Waals surface area contributed by atoms with E-state index in [-0.39, 0.29) is 68.5 Å². The number of hydrogen-bond acceptors (Lipinski definition) is 6. The van der Waals surface area contributed by atoms with E-state index in [4.69, 9.17) is 9.47 Å².